The molecule has 0 unspecified atom stereocenters. The van der Waals surface area contributed by atoms with E-state index in [9.17, 15) is 0 Å². The highest BCUT2D eigenvalue weighted by Gasteiger charge is 2.48. The van der Waals surface area contributed by atoms with Gasteiger partial charge in [0, 0.05) is 49.7 Å². The minimum atomic E-state index is -0.147. The molecule has 402 valence electrons. The molecule has 6 heterocycles. The first-order valence-electron chi connectivity index (χ1n) is 29.4. The second kappa shape index (κ2) is 16.2. The lowest BCUT2D eigenvalue weighted by Crippen LogP contribution is -2.62. The molecule has 81 heavy (non-hydrogen) atoms. The van der Waals surface area contributed by atoms with Gasteiger partial charge in [0.15, 0.2) is 0 Å². The van der Waals surface area contributed by atoms with E-state index >= 15 is 0 Å². The summed E-state index contributed by atoms with van der Waals surface area (Å²) in [6, 6.07) is 59.4. The third-order valence-corrected chi connectivity index (χ3v) is 18.6. The first kappa shape index (κ1) is 50.0. The van der Waals surface area contributed by atoms with E-state index in [1.807, 2.05) is 0 Å². The monoisotopic (exact) mass is 1060 g/mol. The summed E-state index contributed by atoms with van der Waals surface area (Å²) in [5.41, 5.74) is 27.9. The van der Waals surface area contributed by atoms with Crippen molar-refractivity contribution < 1.29 is 4.42 Å². The normalized spacial score (nSPS) is 14.3. The molecule has 15 rings (SSSR count). The van der Waals surface area contributed by atoms with Crippen LogP contribution in [0.4, 0.5) is 34.1 Å². The van der Waals surface area contributed by atoms with Crippen molar-refractivity contribution in [2.45, 2.75) is 138 Å². The fourth-order valence-corrected chi connectivity index (χ4v) is 14.1. The average Bonchev–Trinajstić information content (AvgIpc) is 2.68. The number of fused-ring (bicyclic) bond motifs is 15. The number of rotatable bonds is 2. The van der Waals surface area contributed by atoms with E-state index in [1.165, 1.54) is 128 Å². The number of benzene rings is 9. The van der Waals surface area contributed by atoms with Gasteiger partial charge in [-0.2, -0.15) is 0 Å². The first-order chi connectivity index (χ1) is 38.2. The van der Waals surface area contributed by atoms with Crippen LogP contribution >= 0.6 is 0 Å². The van der Waals surface area contributed by atoms with E-state index in [4.69, 9.17) is 4.42 Å². The fraction of sp³-hybridized carbons (Fsp3) is 0.280. The first-order valence-corrected chi connectivity index (χ1v) is 29.4. The smallest absolute Gasteiger partial charge is 0.252 e. The maximum atomic E-state index is 6.77. The molecule has 12 aromatic rings. The van der Waals surface area contributed by atoms with Crippen LogP contribution in [-0.4, -0.2) is 15.8 Å². The minimum Gasteiger partial charge on any atom is -0.456 e. The van der Waals surface area contributed by atoms with Crippen LogP contribution in [0.25, 0.3) is 76.9 Å². The van der Waals surface area contributed by atoms with E-state index in [2.05, 4.69) is 281 Å². The second-order valence-electron chi connectivity index (χ2n) is 29.3. The summed E-state index contributed by atoms with van der Waals surface area (Å²) >= 11 is 0. The third-order valence-electron chi connectivity index (χ3n) is 18.6. The van der Waals surface area contributed by atoms with Gasteiger partial charge in [0.25, 0.3) is 6.71 Å². The minimum absolute atomic E-state index is 0.00845. The number of furan rings is 1. The zero-order valence-corrected chi connectivity index (χ0v) is 50.2. The number of aryl methyl sites for hydroxylation is 1. The molecule has 0 N–H and O–H groups in total. The van der Waals surface area contributed by atoms with Crippen molar-refractivity contribution in [3.63, 3.8) is 0 Å². The lowest BCUT2D eigenvalue weighted by Gasteiger charge is -2.47. The van der Waals surface area contributed by atoms with Crippen LogP contribution in [0.1, 0.15) is 137 Å². The Morgan fingerprint density at radius 2 is 0.877 bits per heavy atom. The Bertz CT molecular complexity index is 4680. The summed E-state index contributed by atoms with van der Waals surface area (Å²) < 4.78 is 11.9. The summed E-state index contributed by atoms with van der Waals surface area (Å²) in [5.74, 6) is 0. The van der Waals surface area contributed by atoms with Crippen molar-refractivity contribution >= 4 is 123 Å². The van der Waals surface area contributed by atoms with E-state index in [1.54, 1.807) is 0 Å². The van der Waals surface area contributed by atoms with Gasteiger partial charge in [-0.25, -0.2) is 0 Å². The fourth-order valence-electron chi connectivity index (χ4n) is 14.1. The number of nitrogens with zero attached hydrogens (tertiary/aromatic N) is 4. The molecule has 9 aromatic carbocycles. The van der Waals surface area contributed by atoms with Crippen molar-refractivity contribution in [1.29, 1.82) is 0 Å². The van der Waals surface area contributed by atoms with Gasteiger partial charge in [0.1, 0.15) is 11.2 Å². The zero-order valence-electron chi connectivity index (χ0n) is 50.2. The molecule has 0 atom stereocenters. The number of anilines is 6. The van der Waals surface area contributed by atoms with Crippen molar-refractivity contribution in [3.8, 4) is 11.4 Å². The Labute approximate surface area is 477 Å². The maximum Gasteiger partial charge on any atom is 0.252 e. The van der Waals surface area contributed by atoms with Gasteiger partial charge < -0.3 is 23.4 Å². The Hall–Kier alpha value is -7.96. The molecule has 0 aliphatic carbocycles. The number of hydrogen-bond donors (Lipinski definition) is 0. The van der Waals surface area contributed by atoms with E-state index < -0.39 is 0 Å². The average molecular weight is 1060 g/mol. The SMILES string of the molecule is Cc1cc2c3c(c1)N1c4c(cc(C(C)(C)C)cc4-n4c5ccc(C(C)(C)C)cc5c5cc(C(C)(C)C)cc1c54)B3c1ccc(-n3c4ccc(C(C)(C)C)cc4c4cc(C(C)(C)C)ccc43)cc1N2c1cccc2oc3ccccc3c12. The van der Waals surface area contributed by atoms with E-state index in [0.29, 0.717) is 0 Å². The third kappa shape index (κ3) is 7.11. The van der Waals surface area contributed by atoms with Crippen LogP contribution in [0.3, 0.4) is 0 Å². The highest BCUT2D eigenvalue weighted by molar-refractivity contribution is 7.00. The lowest BCUT2D eigenvalue weighted by molar-refractivity contribution is 0.590. The molecule has 0 radical (unpaired) electrons. The number of para-hydroxylation sites is 1. The van der Waals surface area contributed by atoms with Crippen LogP contribution in [-0.2, 0) is 27.1 Å². The van der Waals surface area contributed by atoms with Gasteiger partial charge in [-0.1, -0.05) is 158 Å². The standard InChI is InChI=1S/C75H73BN4O/c1-42-32-61-68-62(33-42)80-63-39-46(74(11,12)13)37-53-52-36-45(73(8,9)10)26-31-58(52)79(69(53)63)64-40-47(75(14,15)16)38-55(70(64)80)76(68)54-28-27-48(41-60(54)78(61)59-21-19-23-66-67(59)49-20-17-18-22-65(49)81-66)77-56-29-24-43(71(2,3)4)34-50(56)51-35-44(72(5,6)7)25-30-57(51)77/h17-41H,1-16H3. The Morgan fingerprint density at radius 3 is 1.48 bits per heavy atom. The quantitative estimate of drug-likeness (QED) is 0.162. The number of aromatic nitrogens is 2. The van der Waals surface area contributed by atoms with Crippen molar-refractivity contribution in [2.24, 2.45) is 0 Å². The van der Waals surface area contributed by atoms with Gasteiger partial charge in [-0.3, -0.25) is 0 Å². The van der Waals surface area contributed by atoms with Crippen LogP contribution in [0.15, 0.2) is 156 Å². The molecule has 3 aliphatic heterocycles. The van der Waals surface area contributed by atoms with Crippen molar-refractivity contribution in [1.82, 2.24) is 9.13 Å². The van der Waals surface area contributed by atoms with Gasteiger partial charge in [-0.15, -0.1) is 0 Å². The van der Waals surface area contributed by atoms with Crippen molar-refractivity contribution in [3.05, 3.63) is 185 Å². The summed E-state index contributed by atoms with van der Waals surface area (Å²) in [7, 11) is 0. The van der Waals surface area contributed by atoms with E-state index in [0.717, 1.165) is 33.3 Å². The molecule has 0 spiro atoms. The molecule has 0 saturated heterocycles. The highest BCUT2D eigenvalue weighted by atomic mass is 16.3. The Balaban J connectivity index is 1.09. The predicted octanol–water partition coefficient (Wildman–Crippen LogP) is 19.0. The molecule has 0 saturated carbocycles. The zero-order chi connectivity index (χ0) is 56.5. The molecular weight excluding hydrogens is 984 g/mol. The van der Waals surface area contributed by atoms with E-state index in [-0.39, 0.29) is 33.8 Å². The maximum absolute atomic E-state index is 6.77. The van der Waals surface area contributed by atoms with Gasteiger partial charge in [0.05, 0.1) is 50.2 Å². The van der Waals surface area contributed by atoms with Crippen molar-refractivity contribution in [2.75, 3.05) is 9.80 Å². The molecule has 3 aromatic heterocycles. The molecular formula is C75H73BN4O. The molecule has 0 fully saturated rings. The van der Waals surface area contributed by atoms with Crippen LogP contribution in [0, 0.1) is 6.92 Å². The number of hydrogen-bond acceptors (Lipinski definition) is 3. The van der Waals surface area contributed by atoms with Gasteiger partial charge in [0.2, 0.25) is 0 Å². The molecule has 0 bridgehead atoms. The second-order valence-corrected chi connectivity index (χ2v) is 29.3. The summed E-state index contributed by atoms with van der Waals surface area (Å²) in [6.45, 7) is 37.4. The van der Waals surface area contributed by atoms with Gasteiger partial charge in [-0.05, 0) is 181 Å². The molecule has 0 amide bonds. The Morgan fingerprint density at radius 1 is 0.358 bits per heavy atom. The topological polar surface area (TPSA) is 29.5 Å². The molecule has 6 heteroatoms. The molecule has 3 aliphatic rings. The largest absolute Gasteiger partial charge is 0.456 e. The van der Waals surface area contributed by atoms with Crippen LogP contribution in [0.2, 0.25) is 0 Å². The Kier molecular flexibility index (Phi) is 9.98. The summed E-state index contributed by atoms with van der Waals surface area (Å²) in [5, 5.41) is 7.41. The summed E-state index contributed by atoms with van der Waals surface area (Å²) in [4.78, 5) is 5.31. The predicted molar refractivity (Wildman–Crippen MR) is 348 cm³/mol. The summed E-state index contributed by atoms with van der Waals surface area (Å²) in [6.07, 6.45) is 0. The van der Waals surface area contributed by atoms with Crippen LogP contribution < -0.4 is 26.2 Å². The van der Waals surface area contributed by atoms with Gasteiger partial charge >= 0.3 is 0 Å². The molecule has 5 nitrogen and oxygen atoms in total. The van der Waals surface area contributed by atoms with Crippen LogP contribution in [0.5, 0.6) is 0 Å². The lowest BCUT2D eigenvalue weighted by atomic mass is 9.33. The highest BCUT2D eigenvalue weighted by Crippen LogP contribution is 2.55.